The second-order valence-electron chi connectivity index (χ2n) is 7.72. The maximum Gasteiger partial charge on any atom is 0.287 e. The first-order chi connectivity index (χ1) is 14.5. The minimum absolute atomic E-state index is 0.0336. The summed E-state index contributed by atoms with van der Waals surface area (Å²) in [6.07, 6.45) is 2.30. The molecule has 4 rings (SSSR count). The number of rotatable bonds is 6. The molecule has 1 aliphatic heterocycles. The summed E-state index contributed by atoms with van der Waals surface area (Å²) >= 11 is 0. The zero-order chi connectivity index (χ0) is 21.1. The first kappa shape index (κ1) is 20.2. The van der Waals surface area contributed by atoms with Crippen molar-refractivity contribution >= 4 is 16.9 Å². The molecular weight excluding hydrogens is 380 g/mol. The second kappa shape index (κ2) is 8.71. The summed E-state index contributed by atoms with van der Waals surface area (Å²) in [5.74, 6) is 0.453. The molecule has 2 aromatic carbocycles. The molecule has 1 amide bonds. The molecule has 0 saturated carbocycles. The van der Waals surface area contributed by atoms with Crippen molar-refractivity contribution in [3.63, 3.8) is 0 Å². The van der Waals surface area contributed by atoms with Crippen molar-refractivity contribution in [1.82, 2.24) is 10.2 Å². The van der Waals surface area contributed by atoms with Crippen LogP contribution in [0.4, 0.5) is 0 Å². The van der Waals surface area contributed by atoms with Gasteiger partial charge in [-0.3, -0.25) is 14.5 Å². The Morgan fingerprint density at radius 3 is 2.57 bits per heavy atom. The zero-order valence-corrected chi connectivity index (χ0v) is 17.3. The van der Waals surface area contributed by atoms with Crippen LogP contribution in [0, 0.1) is 6.92 Å². The molecule has 0 radical (unpaired) electrons. The van der Waals surface area contributed by atoms with E-state index in [-0.39, 0.29) is 23.1 Å². The molecule has 156 valence electrons. The van der Waals surface area contributed by atoms with Crippen molar-refractivity contribution in [2.75, 3.05) is 26.7 Å². The molecular formula is C24H26N2O4. The van der Waals surface area contributed by atoms with Gasteiger partial charge in [-0.2, -0.15) is 0 Å². The number of nitrogens with zero attached hydrogens (tertiary/aromatic N) is 1. The van der Waals surface area contributed by atoms with E-state index in [1.165, 1.54) is 6.07 Å². The van der Waals surface area contributed by atoms with Gasteiger partial charge in [0.25, 0.3) is 5.91 Å². The van der Waals surface area contributed by atoms with E-state index in [0.29, 0.717) is 17.5 Å². The van der Waals surface area contributed by atoms with E-state index in [1.807, 2.05) is 37.3 Å². The Labute approximate surface area is 175 Å². The fraction of sp³-hybridized carbons (Fsp3) is 0.333. The number of hydrogen-bond acceptors (Lipinski definition) is 5. The Morgan fingerprint density at radius 1 is 1.13 bits per heavy atom. The third-order valence-corrected chi connectivity index (χ3v) is 5.64. The van der Waals surface area contributed by atoms with Gasteiger partial charge in [-0.1, -0.05) is 23.8 Å². The van der Waals surface area contributed by atoms with Gasteiger partial charge in [0.05, 0.1) is 18.5 Å². The summed E-state index contributed by atoms with van der Waals surface area (Å²) in [4.78, 5) is 27.6. The molecule has 1 saturated heterocycles. The first-order valence-electron chi connectivity index (χ1n) is 10.3. The van der Waals surface area contributed by atoms with E-state index in [0.717, 1.165) is 42.8 Å². The van der Waals surface area contributed by atoms with Crippen LogP contribution in [0.3, 0.4) is 0 Å². The van der Waals surface area contributed by atoms with Gasteiger partial charge < -0.3 is 14.5 Å². The average Bonchev–Trinajstić information content (AvgIpc) is 3.29. The van der Waals surface area contributed by atoms with Crippen LogP contribution in [0.1, 0.15) is 40.6 Å². The van der Waals surface area contributed by atoms with Crippen LogP contribution in [0.25, 0.3) is 11.0 Å². The fourth-order valence-corrected chi connectivity index (χ4v) is 4.00. The lowest BCUT2D eigenvalue weighted by atomic mass is 10.1. The molecule has 0 spiro atoms. The van der Waals surface area contributed by atoms with Gasteiger partial charge in [0, 0.05) is 12.6 Å². The SMILES string of the molecule is COc1ccc([C@@H](CNC(=O)c2cc(=O)c3cc(C)ccc3o2)N2CCCC2)cc1. The highest BCUT2D eigenvalue weighted by Crippen LogP contribution is 2.26. The minimum Gasteiger partial charge on any atom is -0.497 e. The fourth-order valence-electron chi connectivity index (χ4n) is 4.00. The average molecular weight is 406 g/mol. The first-order valence-corrected chi connectivity index (χ1v) is 10.3. The van der Waals surface area contributed by atoms with Crippen molar-refractivity contribution in [2.45, 2.75) is 25.8 Å². The number of hydrogen-bond donors (Lipinski definition) is 1. The smallest absolute Gasteiger partial charge is 0.287 e. The third kappa shape index (κ3) is 4.24. The zero-order valence-electron chi connectivity index (χ0n) is 17.3. The predicted molar refractivity (Wildman–Crippen MR) is 116 cm³/mol. The number of ether oxygens (including phenoxy) is 1. The molecule has 0 unspecified atom stereocenters. The highest BCUT2D eigenvalue weighted by molar-refractivity contribution is 5.93. The van der Waals surface area contributed by atoms with Gasteiger partial charge in [-0.15, -0.1) is 0 Å². The number of likely N-dealkylation sites (tertiary alicyclic amines) is 1. The van der Waals surface area contributed by atoms with Crippen LogP contribution in [0.15, 0.2) is 57.7 Å². The Kier molecular flexibility index (Phi) is 5.86. The van der Waals surface area contributed by atoms with E-state index >= 15 is 0 Å². The van der Waals surface area contributed by atoms with Gasteiger partial charge in [0.2, 0.25) is 0 Å². The molecule has 0 bridgehead atoms. The molecule has 1 atom stereocenters. The van der Waals surface area contributed by atoms with Crippen LogP contribution in [0.5, 0.6) is 5.75 Å². The molecule has 1 N–H and O–H groups in total. The molecule has 6 heteroatoms. The van der Waals surface area contributed by atoms with Gasteiger partial charge in [-0.25, -0.2) is 0 Å². The monoisotopic (exact) mass is 406 g/mol. The Bertz CT molecular complexity index is 1100. The maximum atomic E-state index is 12.8. The molecule has 1 aliphatic rings. The normalized spacial score (nSPS) is 15.3. The van der Waals surface area contributed by atoms with Crippen molar-refractivity contribution in [3.8, 4) is 5.75 Å². The third-order valence-electron chi connectivity index (χ3n) is 5.64. The predicted octanol–water partition coefficient (Wildman–Crippen LogP) is 3.68. The standard InChI is InChI=1S/C24H26N2O4/c1-16-5-10-22-19(13-16)21(27)14-23(30-22)24(28)25-15-20(26-11-3-4-12-26)17-6-8-18(29-2)9-7-17/h5-10,13-14,20H,3-4,11-12,15H2,1-2H3,(H,25,28)/t20-/m1/s1. The van der Waals surface area contributed by atoms with Crippen LogP contribution >= 0.6 is 0 Å². The Morgan fingerprint density at radius 2 is 1.87 bits per heavy atom. The second-order valence-corrected chi connectivity index (χ2v) is 7.72. The number of nitrogens with one attached hydrogen (secondary N) is 1. The summed E-state index contributed by atoms with van der Waals surface area (Å²) in [5, 5.41) is 3.45. The number of carbonyl (C=O) groups is 1. The quantitative estimate of drug-likeness (QED) is 0.676. The molecule has 3 aromatic rings. The van der Waals surface area contributed by atoms with Crippen molar-refractivity contribution in [2.24, 2.45) is 0 Å². The number of amides is 1. The topological polar surface area (TPSA) is 71.8 Å². The molecule has 2 heterocycles. The molecule has 30 heavy (non-hydrogen) atoms. The maximum absolute atomic E-state index is 12.8. The number of methoxy groups -OCH3 is 1. The largest absolute Gasteiger partial charge is 0.497 e. The van der Waals surface area contributed by atoms with Crippen LogP contribution in [-0.4, -0.2) is 37.6 Å². The number of carbonyl (C=O) groups excluding carboxylic acids is 1. The Hall–Kier alpha value is -3.12. The van der Waals surface area contributed by atoms with Gasteiger partial charge >= 0.3 is 0 Å². The van der Waals surface area contributed by atoms with Gasteiger partial charge in [0.15, 0.2) is 11.2 Å². The summed E-state index contributed by atoms with van der Waals surface area (Å²) in [5.41, 5.74) is 2.30. The van der Waals surface area contributed by atoms with Crippen molar-refractivity contribution in [1.29, 1.82) is 0 Å². The highest BCUT2D eigenvalue weighted by Gasteiger charge is 2.24. The lowest BCUT2D eigenvalue weighted by molar-refractivity contribution is 0.0910. The minimum atomic E-state index is -0.382. The highest BCUT2D eigenvalue weighted by atomic mass is 16.5. The lowest BCUT2D eigenvalue weighted by Gasteiger charge is -2.28. The molecule has 0 aliphatic carbocycles. The van der Waals surface area contributed by atoms with Crippen molar-refractivity contribution in [3.05, 3.63) is 75.6 Å². The van der Waals surface area contributed by atoms with E-state index in [4.69, 9.17) is 9.15 Å². The van der Waals surface area contributed by atoms with Crippen LogP contribution in [0.2, 0.25) is 0 Å². The molecule has 1 aromatic heterocycles. The summed E-state index contributed by atoms with van der Waals surface area (Å²) in [7, 11) is 1.64. The number of aryl methyl sites for hydroxylation is 1. The summed E-state index contributed by atoms with van der Waals surface area (Å²) < 4.78 is 11.0. The van der Waals surface area contributed by atoms with E-state index in [9.17, 15) is 9.59 Å². The van der Waals surface area contributed by atoms with Gasteiger partial charge in [-0.05, 0) is 62.7 Å². The summed E-state index contributed by atoms with van der Waals surface area (Å²) in [6, 6.07) is 14.6. The summed E-state index contributed by atoms with van der Waals surface area (Å²) in [6.45, 7) is 4.34. The molecule has 1 fully saturated rings. The lowest BCUT2D eigenvalue weighted by Crippen LogP contribution is -2.37. The van der Waals surface area contributed by atoms with Crippen molar-refractivity contribution < 1.29 is 13.9 Å². The number of fused-ring (bicyclic) bond motifs is 1. The van der Waals surface area contributed by atoms with Crippen LogP contribution < -0.4 is 15.5 Å². The van der Waals surface area contributed by atoms with Crippen LogP contribution in [-0.2, 0) is 0 Å². The van der Waals surface area contributed by atoms with E-state index < -0.39 is 0 Å². The Balaban J connectivity index is 1.54. The van der Waals surface area contributed by atoms with Gasteiger partial charge in [0.1, 0.15) is 11.3 Å². The van der Waals surface area contributed by atoms with E-state index in [1.54, 1.807) is 19.2 Å². The van der Waals surface area contributed by atoms with E-state index in [2.05, 4.69) is 10.2 Å². The molecule has 6 nitrogen and oxygen atoms in total. The number of benzene rings is 2.